The third kappa shape index (κ3) is 3.96. The number of aromatic nitrogens is 2. The number of allylic oxidation sites excluding steroid dienone is 1. The van der Waals surface area contributed by atoms with Crippen molar-refractivity contribution in [2.45, 2.75) is 19.4 Å². The molecule has 0 saturated carbocycles. The van der Waals surface area contributed by atoms with E-state index >= 15 is 0 Å². The molecule has 164 valence electrons. The fraction of sp³-hybridized carbons (Fsp3) is 0.280. The van der Waals surface area contributed by atoms with E-state index in [2.05, 4.69) is 17.0 Å². The molecule has 7 heteroatoms. The van der Waals surface area contributed by atoms with Crippen LogP contribution in [-0.4, -0.2) is 35.9 Å². The van der Waals surface area contributed by atoms with Gasteiger partial charge in [-0.05, 0) is 47.9 Å². The van der Waals surface area contributed by atoms with Crippen LogP contribution in [0.15, 0.2) is 59.7 Å². The summed E-state index contributed by atoms with van der Waals surface area (Å²) >= 11 is 12.2. The number of nitrogens with zero attached hydrogens (tertiary/aromatic N) is 3. The van der Waals surface area contributed by atoms with Gasteiger partial charge in [-0.15, -0.1) is 0 Å². The molecular formula is C25H23Cl2N3O2. The maximum atomic E-state index is 13.0. The number of hydrogen-bond acceptors (Lipinski definition) is 4. The highest BCUT2D eigenvalue weighted by Gasteiger charge is 2.21. The fourth-order valence-electron chi connectivity index (χ4n) is 4.36. The van der Waals surface area contributed by atoms with Crippen molar-refractivity contribution in [3.63, 3.8) is 0 Å². The SMILES string of the molecule is CC(c1ccc(Cl)c(Cl)c1)n1ccc(C2=CCc3ncc(N4CCOCC4)cc32)cc1=O. The number of benzene rings is 1. The number of hydrogen-bond donors (Lipinski definition) is 0. The number of morpholine rings is 1. The number of rotatable bonds is 4. The Labute approximate surface area is 196 Å². The first-order valence-electron chi connectivity index (χ1n) is 10.7. The van der Waals surface area contributed by atoms with Gasteiger partial charge in [0.25, 0.3) is 5.56 Å². The van der Waals surface area contributed by atoms with Crippen molar-refractivity contribution in [2.75, 3.05) is 31.2 Å². The summed E-state index contributed by atoms with van der Waals surface area (Å²) in [6.45, 7) is 5.16. The lowest BCUT2D eigenvalue weighted by Gasteiger charge is -2.29. The van der Waals surface area contributed by atoms with Gasteiger partial charge in [0, 0.05) is 37.3 Å². The minimum atomic E-state index is -0.161. The normalized spacial score (nSPS) is 16.6. The van der Waals surface area contributed by atoms with Crippen LogP contribution >= 0.6 is 23.2 Å². The molecule has 2 aromatic heterocycles. The maximum Gasteiger partial charge on any atom is 0.251 e. The summed E-state index contributed by atoms with van der Waals surface area (Å²) in [6, 6.07) is 11.2. The highest BCUT2D eigenvalue weighted by Crippen LogP contribution is 2.34. The van der Waals surface area contributed by atoms with Crippen LogP contribution in [0.3, 0.4) is 0 Å². The average Bonchev–Trinajstić information content (AvgIpc) is 3.24. The Kier molecular flexibility index (Phi) is 5.80. The molecule has 3 heterocycles. The van der Waals surface area contributed by atoms with Gasteiger partial charge in [0.1, 0.15) is 0 Å². The highest BCUT2D eigenvalue weighted by molar-refractivity contribution is 6.42. The van der Waals surface area contributed by atoms with E-state index in [9.17, 15) is 4.79 Å². The molecule has 1 unspecified atom stereocenters. The molecule has 1 saturated heterocycles. The summed E-state index contributed by atoms with van der Waals surface area (Å²) < 4.78 is 7.18. The van der Waals surface area contributed by atoms with E-state index < -0.39 is 0 Å². The lowest BCUT2D eigenvalue weighted by atomic mass is 10.0. The van der Waals surface area contributed by atoms with Crippen molar-refractivity contribution < 1.29 is 4.74 Å². The van der Waals surface area contributed by atoms with Gasteiger partial charge >= 0.3 is 0 Å². The van der Waals surface area contributed by atoms with E-state index in [0.717, 1.165) is 66.4 Å². The van der Waals surface area contributed by atoms with Crippen LogP contribution in [0.25, 0.3) is 5.57 Å². The Bertz CT molecular complexity index is 1260. The summed E-state index contributed by atoms with van der Waals surface area (Å²) in [5.41, 5.74) is 6.09. The first kappa shape index (κ1) is 21.3. The van der Waals surface area contributed by atoms with Crippen LogP contribution in [-0.2, 0) is 11.2 Å². The highest BCUT2D eigenvalue weighted by atomic mass is 35.5. The van der Waals surface area contributed by atoms with E-state index in [-0.39, 0.29) is 11.6 Å². The van der Waals surface area contributed by atoms with Gasteiger partial charge in [-0.25, -0.2) is 0 Å². The minimum Gasteiger partial charge on any atom is -0.378 e. The first-order chi connectivity index (χ1) is 15.5. The summed E-state index contributed by atoms with van der Waals surface area (Å²) in [5.74, 6) is 0. The second-order valence-corrected chi connectivity index (χ2v) is 8.93. The van der Waals surface area contributed by atoms with Crippen molar-refractivity contribution in [2.24, 2.45) is 0 Å². The Balaban J connectivity index is 1.44. The molecule has 3 aromatic rings. The van der Waals surface area contributed by atoms with Crippen LogP contribution in [0.4, 0.5) is 5.69 Å². The topological polar surface area (TPSA) is 47.4 Å². The second kappa shape index (κ2) is 8.74. The van der Waals surface area contributed by atoms with Gasteiger partial charge in [-0.3, -0.25) is 9.78 Å². The van der Waals surface area contributed by atoms with Crippen molar-refractivity contribution in [1.82, 2.24) is 9.55 Å². The monoisotopic (exact) mass is 467 g/mol. The predicted octanol–water partition coefficient (Wildman–Crippen LogP) is 4.98. The molecule has 32 heavy (non-hydrogen) atoms. The largest absolute Gasteiger partial charge is 0.378 e. The number of halogens is 2. The third-order valence-electron chi connectivity index (χ3n) is 6.22. The maximum absolute atomic E-state index is 13.0. The van der Waals surface area contributed by atoms with Crippen molar-refractivity contribution in [1.29, 1.82) is 0 Å². The standard InChI is InChI=1S/C25H23Cl2N3O2/c1-16(17-2-4-22(26)23(27)12-17)30-7-6-18(13-25(30)31)20-3-5-24-21(20)14-19(15-28-24)29-8-10-32-11-9-29/h2-4,6-7,12-16H,5,8-11H2,1H3. The zero-order valence-corrected chi connectivity index (χ0v) is 19.2. The van der Waals surface area contributed by atoms with Gasteiger partial charge < -0.3 is 14.2 Å². The molecule has 1 aliphatic heterocycles. The molecule has 0 bridgehead atoms. The molecule has 0 amide bonds. The fourth-order valence-corrected chi connectivity index (χ4v) is 4.67. The lowest BCUT2D eigenvalue weighted by Crippen LogP contribution is -2.36. The number of anilines is 1. The van der Waals surface area contributed by atoms with Crippen LogP contribution in [0.5, 0.6) is 0 Å². The quantitative estimate of drug-likeness (QED) is 0.542. The average molecular weight is 468 g/mol. The molecule has 0 N–H and O–H groups in total. The summed E-state index contributed by atoms with van der Waals surface area (Å²) in [6.07, 6.45) is 6.72. The number of ether oxygens (including phenoxy) is 1. The molecule has 1 fully saturated rings. The second-order valence-electron chi connectivity index (χ2n) is 8.12. The Morgan fingerprint density at radius 1 is 1.06 bits per heavy atom. The van der Waals surface area contributed by atoms with Crippen molar-refractivity contribution >= 4 is 34.5 Å². The number of pyridine rings is 2. The Morgan fingerprint density at radius 2 is 1.88 bits per heavy atom. The molecule has 0 radical (unpaired) electrons. The zero-order chi connectivity index (χ0) is 22.2. The van der Waals surface area contributed by atoms with Gasteiger partial charge in [0.15, 0.2) is 0 Å². The third-order valence-corrected chi connectivity index (χ3v) is 6.96. The molecule has 5 nitrogen and oxygen atoms in total. The van der Waals surface area contributed by atoms with Crippen LogP contribution in [0.2, 0.25) is 10.0 Å². The number of fused-ring (bicyclic) bond motifs is 1. The van der Waals surface area contributed by atoms with Gasteiger partial charge in [-0.2, -0.15) is 0 Å². The van der Waals surface area contributed by atoms with E-state index in [0.29, 0.717) is 10.0 Å². The Morgan fingerprint density at radius 3 is 2.62 bits per heavy atom. The van der Waals surface area contributed by atoms with Crippen molar-refractivity contribution in [3.05, 3.63) is 97.7 Å². The molecule has 0 spiro atoms. The molecular weight excluding hydrogens is 445 g/mol. The minimum absolute atomic E-state index is 0.0623. The Hall–Kier alpha value is -2.60. The van der Waals surface area contributed by atoms with E-state index in [1.54, 1.807) is 16.7 Å². The summed E-state index contributed by atoms with van der Waals surface area (Å²) in [4.78, 5) is 20.0. The van der Waals surface area contributed by atoms with Gasteiger partial charge in [0.2, 0.25) is 0 Å². The van der Waals surface area contributed by atoms with Crippen LogP contribution in [0, 0.1) is 0 Å². The first-order valence-corrected chi connectivity index (χ1v) is 11.5. The van der Waals surface area contributed by atoms with Crippen molar-refractivity contribution in [3.8, 4) is 0 Å². The zero-order valence-electron chi connectivity index (χ0n) is 17.7. The molecule has 1 aromatic carbocycles. The molecule has 2 aliphatic rings. The molecule has 1 aliphatic carbocycles. The molecule has 1 atom stereocenters. The summed E-state index contributed by atoms with van der Waals surface area (Å²) in [7, 11) is 0. The molecule has 5 rings (SSSR count). The summed E-state index contributed by atoms with van der Waals surface area (Å²) in [5, 5.41) is 0.985. The van der Waals surface area contributed by atoms with E-state index in [4.69, 9.17) is 32.9 Å². The lowest BCUT2D eigenvalue weighted by molar-refractivity contribution is 0.122. The van der Waals surface area contributed by atoms with Crippen LogP contribution < -0.4 is 10.5 Å². The van der Waals surface area contributed by atoms with Gasteiger partial charge in [-0.1, -0.05) is 35.3 Å². The van der Waals surface area contributed by atoms with Crippen LogP contribution in [0.1, 0.15) is 35.3 Å². The predicted molar refractivity (Wildman–Crippen MR) is 129 cm³/mol. The van der Waals surface area contributed by atoms with Gasteiger partial charge in [0.05, 0.1) is 46.9 Å². The smallest absolute Gasteiger partial charge is 0.251 e. The van der Waals surface area contributed by atoms with E-state index in [1.165, 1.54) is 0 Å². The van der Waals surface area contributed by atoms with E-state index in [1.807, 2.05) is 37.5 Å².